The molecule has 0 saturated heterocycles. The van der Waals surface area contributed by atoms with Gasteiger partial charge in [-0.2, -0.15) is 10.4 Å². The van der Waals surface area contributed by atoms with Gasteiger partial charge in [-0.25, -0.2) is 10.1 Å². The first-order valence-electron chi connectivity index (χ1n) is 5.74. The quantitative estimate of drug-likeness (QED) is 0.639. The van der Waals surface area contributed by atoms with Crippen molar-refractivity contribution in [2.45, 2.75) is 13.3 Å². The van der Waals surface area contributed by atoms with Crippen molar-refractivity contribution in [2.75, 3.05) is 0 Å². The summed E-state index contributed by atoms with van der Waals surface area (Å²) in [6.07, 6.45) is 1.28. The number of nitrogens with zero attached hydrogens (tertiary/aromatic N) is 6. The Morgan fingerprint density at radius 3 is 2.80 bits per heavy atom. The highest BCUT2D eigenvalue weighted by Gasteiger charge is 2.02. The predicted molar refractivity (Wildman–Crippen MR) is 69.7 cm³/mol. The summed E-state index contributed by atoms with van der Waals surface area (Å²) in [7, 11) is 0. The van der Waals surface area contributed by atoms with E-state index in [1.165, 1.54) is 11.0 Å². The van der Waals surface area contributed by atoms with E-state index in [0.29, 0.717) is 5.71 Å². The highest BCUT2D eigenvalue weighted by Crippen LogP contribution is 2.08. The average molecular weight is 269 g/mol. The van der Waals surface area contributed by atoms with Crippen LogP contribution in [0.4, 0.5) is 0 Å². The van der Waals surface area contributed by atoms with Crippen molar-refractivity contribution >= 4 is 11.6 Å². The van der Waals surface area contributed by atoms with Gasteiger partial charge < -0.3 is 0 Å². The maximum Gasteiger partial charge on any atom is 0.254 e. The van der Waals surface area contributed by atoms with Crippen LogP contribution in [-0.4, -0.2) is 31.8 Å². The molecule has 0 fully saturated rings. The third-order valence-electron chi connectivity index (χ3n) is 2.49. The summed E-state index contributed by atoms with van der Waals surface area (Å²) in [5.41, 5.74) is 4.62. The van der Waals surface area contributed by atoms with Crippen LogP contribution in [0.15, 0.2) is 35.7 Å². The molecule has 8 heteroatoms. The van der Waals surface area contributed by atoms with E-state index in [-0.39, 0.29) is 6.42 Å². The van der Waals surface area contributed by atoms with Crippen LogP contribution in [0.25, 0.3) is 5.69 Å². The fourth-order valence-corrected chi connectivity index (χ4v) is 1.46. The van der Waals surface area contributed by atoms with Gasteiger partial charge in [0.1, 0.15) is 12.7 Å². The minimum atomic E-state index is -0.433. The molecular formula is C12H11N7O. The molecule has 20 heavy (non-hydrogen) atoms. The number of nitrogens with one attached hydrogen (secondary N) is 1. The van der Waals surface area contributed by atoms with Gasteiger partial charge in [0.2, 0.25) is 0 Å². The second-order valence-corrected chi connectivity index (χ2v) is 3.87. The number of tetrazole rings is 1. The number of rotatable bonds is 4. The summed E-state index contributed by atoms with van der Waals surface area (Å²) in [6.45, 7) is 1.76. The SMILES string of the molecule is C/C(=N/NC(=O)CC#N)c1ccc(-n2cnnn2)cc1. The molecule has 0 spiro atoms. The number of hydrazone groups is 1. The van der Waals surface area contributed by atoms with Crippen LogP contribution in [0.1, 0.15) is 18.9 Å². The number of hydrogen-bond acceptors (Lipinski definition) is 6. The number of carbonyl (C=O) groups excluding carboxylic acids is 1. The normalized spacial score (nSPS) is 10.9. The lowest BCUT2D eigenvalue weighted by atomic mass is 10.1. The van der Waals surface area contributed by atoms with E-state index in [2.05, 4.69) is 26.1 Å². The molecule has 1 aromatic carbocycles. The number of carbonyl (C=O) groups is 1. The first kappa shape index (κ1) is 13.4. The predicted octanol–water partition coefficient (Wildman–Crippen LogP) is 0.416. The van der Waals surface area contributed by atoms with Crippen LogP contribution < -0.4 is 5.43 Å². The Hall–Kier alpha value is -3.08. The lowest BCUT2D eigenvalue weighted by Gasteiger charge is -2.03. The van der Waals surface area contributed by atoms with Crippen LogP contribution >= 0.6 is 0 Å². The zero-order valence-electron chi connectivity index (χ0n) is 10.7. The number of amides is 1. The van der Waals surface area contributed by atoms with E-state index in [9.17, 15) is 4.79 Å². The van der Waals surface area contributed by atoms with Gasteiger partial charge in [-0.05, 0) is 35.0 Å². The molecule has 0 saturated carbocycles. The highest BCUT2D eigenvalue weighted by atomic mass is 16.2. The standard InChI is InChI=1S/C12H11N7O/c1-9(15-16-12(20)6-7-13)10-2-4-11(5-3-10)19-8-14-17-18-19/h2-5,8H,6H2,1H3,(H,16,20)/b15-9-. The smallest absolute Gasteiger partial charge is 0.254 e. The van der Waals surface area contributed by atoms with Crippen molar-refractivity contribution < 1.29 is 4.79 Å². The van der Waals surface area contributed by atoms with Crippen LogP contribution in [0, 0.1) is 11.3 Å². The van der Waals surface area contributed by atoms with Crippen LogP contribution in [-0.2, 0) is 4.79 Å². The summed E-state index contributed by atoms with van der Waals surface area (Å²) in [6, 6.07) is 9.10. The molecule has 2 rings (SSSR count). The third-order valence-corrected chi connectivity index (χ3v) is 2.49. The van der Waals surface area contributed by atoms with Gasteiger partial charge in [-0.15, -0.1) is 5.10 Å². The van der Waals surface area contributed by atoms with Gasteiger partial charge in [0.25, 0.3) is 5.91 Å². The third kappa shape index (κ3) is 3.23. The van der Waals surface area contributed by atoms with Crippen molar-refractivity contribution in [3.63, 3.8) is 0 Å². The Morgan fingerprint density at radius 1 is 1.45 bits per heavy atom. The van der Waals surface area contributed by atoms with Crippen LogP contribution in [0.5, 0.6) is 0 Å². The minimum Gasteiger partial charge on any atom is -0.272 e. The summed E-state index contributed by atoms with van der Waals surface area (Å²) in [5, 5.41) is 23.2. The number of nitriles is 1. The zero-order valence-corrected chi connectivity index (χ0v) is 10.7. The monoisotopic (exact) mass is 269 g/mol. The Bertz CT molecular complexity index is 652. The van der Waals surface area contributed by atoms with Gasteiger partial charge in [-0.1, -0.05) is 12.1 Å². The fourth-order valence-electron chi connectivity index (χ4n) is 1.46. The molecule has 0 aliphatic rings. The van der Waals surface area contributed by atoms with E-state index in [4.69, 9.17) is 5.26 Å². The first-order valence-corrected chi connectivity index (χ1v) is 5.74. The molecule has 0 aliphatic carbocycles. The van der Waals surface area contributed by atoms with Crippen molar-refractivity contribution in [1.29, 1.82) is 5.26 Å². The van der Waals surface area contributed by atoms with E-state index >= 15 is 0 Å². The Labute approximate surface area is 114 Å². The maximum absolute atomic E-state index is 11.1. The molecule has 100 valence electrons. The first-order chi connectivity index (χ1) is 9.70. The zero-order chi connectivity index (χ0) is 14.4. The lowest BCUT2D eigenvalue weighted by Crippen LogP contribution is -2.18. The lowest BCUT2D eigenvalue weighted by molar-refractivity contribution is -0.120. The second kappa shape index (κ2) is 6.19. The highest BCUT2D eigenvalue weighted by molar-refractivity contribution is 5.99. The largest absolute Gasteiger partial charge is 0.272 e. The van der Waals surface area contributed by atoms with Gasteiger partial charge in [0, 0.05) is 0 Å². The maximum atomic E-state index is 11.1. The van der Waals surface area contributed by atoms with Gasteiger partial charge in [0.15, 0.2) is 0 Å². The molecule has 0 aliphatic heterocycles. The number of aromatic nitrogens is 4. The molecule has 0 bridgehead atoms. The van der Waals surface area contributed by atoms with Gasteiger partial charge >= 0.3 is 0 Å². The van der Waals surface area contributed by atoms with Crippen LogP contribution in [0.3, 0.4) is 0 Å². The van der Waals surface area contributed by atoms with E-state index in [1.807, 2.05) is 24.3 Å². The van der Waals surface area contributed by atoms with E-state index in [0.717, 1.165) is 11.3 Å². The van der Waals surface area contributed by atoms with Crippen molar-refractivity contribution in [3.8, 4) is 11.8 Å². The molecule has 0 atom stereocenters. The summed E-state index contributed by atoms with van der Waals surface area (Å²) < 4.78 is 1.53. The van der Waals surface area contributed by atoms with Crippen LogP contribution in [0.2, 0.25) is 0 Å². The number of hydrogen-bond donors (Lipinski definition) is 1. The van der Waals surface area contributed by atoms with Crippen molar-refractivity contribution in [2.24, 2.45) is 5.10 Å². The van der Waals surface area contributed by atoms with Gasteiger partial charge in [-0.3, -0.25) is 4.79 Å². The molecule has 1 N–H and O–H groups in total. The molecule has 8 nitrogen and oxygen atoms in total. The second-order valence-electron chi connectivity index (χ2n) is 3.87. The Balaban J connectivity index is 2.08. The van der Waals surface area contributed by atoms with Crippen molar-refractivity contribution in [3.05, 3.63) is 36.2 Å². The molecule has 0 radical (unpaired) electrons. The topological polar surface area (TPSA) is 109 Å². The molecule has 1 amide bonds. The molecule has 2 aromatic rings. The van der Waals surface area contributed by atoms with Crippen molar-refractivity contribution in [1.82, 2.24) is 25.6 Å². The average Bonchev–Trinajstić information content (AvgIpc) is 2.99. The molecule has 1 heterocycles. The molecule has 0 unspecified atom stereocenters. The molecular weight excluding hydrogens is 258 g/mol. The number of benzene rings is 1. The summed E-state index contributed by atoms with van der Waals surface area (Å²) in [4.78, 5) is 11.1. The fraction of sp³-hybridized carbons (Fsp3) is 0.167. The Morgan fingerprint density at radius 2 is 2.20 bits per heavy atom. The molecule has 1 aromatic heterocycles. The van der Waals surface area contributed by atoms with E-state index < -0.39 is 5.91 Å². The van der Waals surface area contributed by atoms with Gasteiger partial charge in [0.05, 0.1) is 17.5 Å². The summed E-state index contributed by atoms with van der Waals surface area (Å²) in [5.74, 6) is -0.433. The van der Waals surface area contributed by atoms with E-state index in [1.54, 1.807) is 13.0 Å². The summed E-state index contributed by atoms with van der Waals surface area (Å²) >= 11 is 0. The Kier molecular flexibility index (Phi) is 4.14. The minimum absolute atomic E-state index is 0.213.